The molecule has 1 saturated heterocycles. The van der Waals surface area contributed by atoms with Crippen molar-refractivity contribution in [1.29, 1.82) is 0 Å². The van der Waals surface area contributed by atoms with Crippen molar-refractivity contribution in [2.45, 2.75) is 20.3 Å². The van der Waals surface area contributed by atoms with Crippen molar-refractivity contribution < 1.29 is 0 Å². The number of rotatable bonds is 6. The number of hydrogen-bond donors (Lipinski definition) is 0. The fourth-order valence-electron chi connectivity index (χ4n) is 4.18. The van der Waals surface area contributed by atoms with E-state index in [0.29, 0.717) is 5.92 Å². The van der Waals surface area contributed by atoms with Gasteiger partial charge in [-0.15, -0.1) is 0 Å². The van der Waals surface area contributed by atoms with E-state index < -0.39 is 0 Å². The second kappa shape index (κ2) is 6.88. The van der Waals surface area contributed by atoms with Gasteiger partial charge in [-0.05, 0) is 55.2 Å². The molecule has 1 aliphatic carbocycles. The fraction of sp³-hybridized carbons (Fsp3) is 0.455. The Kier molecular flexibility index (Phi) is 4.87. The molecule has 0 spiro atoms. The zero-order valence-corrected chi connectivity index (χ0v) is 14.7. The van der Waals surface area contributed by atoms with Crippen LogP contribution in [0.5, 0.6) is 0 Å². The highest BCUT2D eigenvalue weighted by Gasteiger charge is 2.55. The lowest BCUT2D eigenvalue weighted by atomic mass is 9.95. The van der Waals surface area contributed by atoms with Crippen LogP contribution < -0.4 is 0 Å². The molecule has 0 bridgehead atoms. The summed E-state index contributed by atoms with van der Waals surface area (Å²) in [5, 5.41) is 0. The monoisotopic (exact) mass is 307 g/mol. The van der Waals surface area contributed by atoms with Gasteiger partial charge in [-0.25, -0.2) is 0 Å². The second-order valence-electron chi connectivity index (χ2n) is 7.50. The van der Waals surface area contributed by atoms with E-state index in [1.807, 2.05) is 6.08 Å². The van der Waals surface area contributed by atoms with Crippen molar-refractivity contribution in [2.75, 3.05) is 20.1 Å². The molecule has 1 heteroatoms. The van der Waals surface area contributed by atoms with E-state index in [0.717, 1.165) is 24.2 Å². The molecule has 2 fully saturated rings. The minimum absolute atomic E-state index is 0.570. The molecule has 122 valence electrons. The Balaban J connectivity index is 1.74. The quantitative estimate of drug-likeness (QED) is 0.687. The van der Waals surface area contributed by atoms with Crippen molar-refractivity contribution in [2.24, 2.45) is 23.7 Å². The molecule has 3 unspecified atom stereocenters. The van der Waals surface area contributed by atoms with Crippen LogP contribution in [-0.4, -0.2) is 25.0 Å². The topological polar surface area (TPSA) is 3.24 Å². The molecule has 1 aromatic carbocycles. The maximum absolute atomic E-state index is 3.92. The van der Waals surface area contributed by atoms with E-state index in [2.05, 4.69) is 74.9 Å². The van der Waals surface area contributed by atoms with Gasteiger partial charge in [0, 0.05) is 13.1 Å². The van der Waals surface area contributed by atoms with E-state index in [-0.39, 0.29) is 0 Å². The number of fused-ring (bicyclic) bond motifs is 1. The number of hydrogen-bond acceptors (Lipinski definition) is 1. The van der Waals surface area contributed by atoms with Crippen LogP contribution in [0.4, 0.5) is 0 Å². The molecule has 0 amide bonds. The van der Waals surface area contributed by atoms with E-state index in [1.54, 1.807) is 5.57 Å². The van der Waals surface area contributed by atoms with E-state index >= 15 is 0 Å². The van der Waals surface area contributed by atoms with Gasteiger partial charge < -0.3 is 4.90 Å². The first-order valence-corrected chi connectivity index (χ1v) is 8.83. The number of benzene rings is 1. The van der Waals surface area contributed by atoms with E-state index in [1.165, 1.54) is 24.2 Å². The third-order valence-electron chi connectivity index (χ3n) is 5.36. The van der Waals surface area contributed by atoms with Crippen LogP contribution in [-0.2, 0) is 6.42 Å². The Hall–Kier alpha value is -1.60. The smallest absolute Gasteiger partial charge is 0.00160 e. The summed E-state index contributed by atoms with van der Waals surface area (Å²) in [6.45, 7) is 11.0. The number of piperidine rings is 1. The fourth-order valence-corrected chi connectivity index (χ4v) is 4.18. The predicted octanol–water partition coefficient (Wildman–Crippen LogP) is 4.73. The van der Waals surface area contributed by atoms with Gasteiger partial charge in [0.1, 0.15) is 0 Å². The minimum atomic E-state index is 0.570. The van der Waals surface area contributed by atoms with Gasteiger partial charge in [-0.1, -0.05) is 67.6 Å². The van der Waals surface area contributed by atoms with Gasteiger partial charge in [-0.3, -0.25) is 0 Å². The lowest BCUT2D eigenvalue weighted by molar-refractivity contribution is 0.355. The molecule has 1 saturated carbocycles. The molecule has 1 aromatic rings. The van der Waals surface area contributed by atoms with Crippen LogP contribution in [0.15, 0.2) is 66.3 Å². The number of likely N-dealkylation sites (tertiary alicyclic amines) is 1. The van der Waals surface area contributed by atoms with Crippen molar-refractivity contribution in [3.8, 4) is 0 Å². The molecule has 1 nitrogen and oxygen atoms in total. The molecular weight excluding hydrogens is 278 g/mol. The average Bonchev–Trinajstić information content (AvgIpc) is 3.04. The Morgan fingerprint density at radius 3 is 2.52 bits per heavy atom. The van der Waals surface area contributed by atoms with Gasteiger partial charge in [-0.2, -0.15) is 0 Å². The van der Waals surface area contributed by atoms with Crippen molar-refractivity contribution in [3.05, 3.63) is 71.8 Å². The maximum atomic E-state index is 3.92. The van der Waals surface area contributed by atoms with Gasteiger partial charge in [0.15, 0.2) is 0 Å². The molecule has 0 radical (unpaired) electrons. The predicted molar refractivity (Wildman–Crippen MR) is 99.3 cm³/mol. The van der Waals surface area contributed by atoms with Gasteiger partial charge in [0.05, 0.1) is 0 Å². The molecule has 1 heterocycles. The van der Waals surface area contributed by atoms with Crippen LogP contribution >= 0.6 is 0 Å². The summed E-state index contributed by atoms with van der Waals surface area (Å²) in [6, 6.07) is 10.8. The largest absolute Gasteiger partial charge is 0.306 e. The molecule has 23 heavy (non-hydrogen) atoms. The number of allylic oxidation sites excluding steroid dienone is 5. The molecular formula is C22H29N. The maximum Gasteiger partial charge on any atom is 0.00160 e. The van der Waals surface area contributed by atoms with Crippen molar-refractivity contribution in [3.63, 3.8) is 0 Å². The van der Waals surface area contributed by atoms with Crippen molar-refractivity contribution >= 4 is 0 Å². The Morgan fingerprint density at radius 2 is 1.91 bits per heavy atom. The summed E-state index contributed by atoms with van der Waals surface area (Å²) >= 11 is 0. The van der Waals surface area contributed by atoms with Gasteiger partial charge in [0.25, 0.3) is 0 Å². The highest BCUT2D eigenvalue weighted by Crippen LogP contribution is 2.55. The van der Waals surface area contributed by atoms with Gasteiger partial charge in [0.2, 0.25) is 0 Å². The van der Waals surface area contributed by atoms with E-state index in [9.17, 15) is 0 Å². The summed E-state index contributed by atoms with van der Waals surface area (Å²) < 4.78 is 0. The first-order chi connectivity index (χ1) is 11.1. The van der Waals surface area contributed by atoms with Crippen LogP contribution in [0, 0.1) is 23.7 Å². The summed E-state index contributed by atoms with van der Waals surface area (Å²) in [4.78, 5) is 2.47. The molecule has 0 aromatic heterocycles. The summed E-state index contributed by atoms with van der Waals surface area (Å²) in [6.07, 6.45) is 7.98. The lowest BCUT2D eigenvalue weighted by Gasteiger charge is -2.16. The van der Waals surface area contributed by atoms with Crippen LogP contribution in [0.25, 0.3) is 0 Å². The first-order valence-electron chi connectivity index (χ1n) is 8.83. The van der Waals surface area contributed by atoms with Crippen molar-refractivity contribution in [1.82, 2.24) is 4.90 Å². The lowest BCUT2D eigenvalue weighted by Crippen LogP contribution is -2.19. The first kappa shape index (κ1) is 16.3. The Labute approximate surface area is 141 Å². The SMILES string of the molecule is C=C/C(C)=C\C(=C/C(C)Cc1ccccc1)C1C2CN(C)CC21. The molecule has 3 rings (SSSR count). The van der Waals surface area contributed by atoms with E-state index in [4.69, 9.17) is 0 Å². The standard InChI is InChI=1S/C22H29N/c1-5-16(2)12-19(22-20-14-23(4)15-21(20)22)13-17(3)11-18-9-7-6-8-10-18/h5-10,12-13,17,20-22H,1,11,14-15H2,2-4H3/b16-12-,19-13+. The summed E-state index contributed by atoms with van der Waals surface area (Å²) in [5.74, 6) is 3.10. The Bertz CT molecular complexity index is 598. The Morgan fingerprint density at radius 1 is 1.26 bits per heavy atom. The van der Waals surface area contributed by atoms with Crippen LogP contribution in [0.1, 0.15) is 19.4 Å². The average molecular weight is 307 g/mol. The molecule has 3 atom stereocenters. The van der Waals surface area contributed by atoms with Crippen LogP contribution in [0.2, 0.25) is 0 Å². The molecule has 2 aliphatic rings. The third-order valence-corrected chi connectivity index (χ3v) is 5.36. The summed E-state index contributed by atoms with van der Waals surface area (Å²) in [5.41, 5.74) is 4.26. The summed E-state index contributed by atoms with van der Waals surface area (Å²) in [7, 11) is 2.25. The second-order valence-corrected chi connectivity index (χ2v) is 7.50. The van der Waals surface area contributed by atoms with Crippen LogP contribution in [0.3, 0.4) is 0 Å². The highest BCUT2D eigenvalue weighted by atomic mass is 15.2. The zero-order chi connectivity index (χ0) is 16.4. The zero-order valence-electron chi connectivity index (χ0n) is 14.7. The molecule has 1 aliphatic heterocycles. The highest BCUT2D eigenvalue weighted by molar-refractivity contribution is 5.36. The number of nitrogens with zero attached hydrogens (tertiary/aromatic N) is 1. The minimum Gasteiger partial charge on any atom is -0.306 e. The van der Waals surface area contributed by atoms with Gasteiger partial charge >= 0.3 is 0 Å². The molecule has 0 N–H and O–H groups in total. The normalized spacial score (nSPS) is 29.3. The third kappa shape index (κ3) is 3.84.